The highest BCUT2D eigenvalue weighted by Crippen LogP contribution is 2.60. The molecule has 0 atom stereocenters. The quantitative estimate of drug-likeness (QED) is 0.165. The molecule has 13 aromatic carbocycles. The van der Waals surface area contributed by atoms with E-state index in [0.29, 0.717) is 0 Å². The van der Waals surface area contributed by atoms with Gasteiger partial charge in [0.15, 0.2) is 11.2 Å². The predicted octanol–water partition coefficient (Wildman–Crippen LogP) is 23.1. The van der Waals surface area contributed by atoms with Crippen molar-refractivity contribution in [2.24, 2.45) is 0 Å². The molecule has 19 rings (SSSR count). The molecule has 0 unspecified atom stereocenters. The van der Waals surface area contributed by atoms with Crippen LogP contribution >= 0.6 is 0 Å². The highest BCUT2D eigenvalue weighted by Gasteiger charge is 2.43. The van der Waals surface area contributed by atoms with Gasteiger partial charge in [0.2, 0.25) is 0 Å². The normalized spacial score (nSPS) is 14.0. The van der Waals surface area contributed by atoms with E-state index in [4.69, 9.17) is 17.7 Å². The molecule has 0 aliphatic heterocycles. The number of hydrogen-bond donors (Lipinski definition) is 0. The van der Waals surface area contributed by atoms with E-state index in [9.17, 15) is 0 Å². The molecule has 17 aromatic rings. The molecule has 0 saturated carbocycles. The van der Waals surface area contributed by atoms with Gasteiger partial charge in [0, 0.05) is 76.7 Å². The number of furan rings is 4. The molecular formula is C80H52N2O4. The number of nitrogens with zero attached hydrogens (tertiary/aromatic N) is 2. The molecule has 0 saturated heterocycles. The van der Waals surface area contributed by atoms with Crippen molar-refractivity contribution in [3.63, 3.8) is 0 Å². The monoisotopic (exact) mass is 1100 g/mol. The van der Waals surface area contributed by atoms with Gasteiger partial charge >= 0.3 is 0 Å². The second kappa shape index (κ2) is 16.9. The van der Waals surface area contributed by atoms with Crippen LogP contribution in [0.25, 0.3) is 132 Å². The summed E-state index contributed by atoms with van der Waals surface area (Å²) in [4.78, 5) is 4.83. The van der Waals surface area contributed by atoms with E-state index in [-0.39, 0.29) is 10.8 Å². The molecule has 86 heavy (non-hydrogen) atoms. The van der Waals surface area contributed by atoms with Crippen LogP contribution in [0.4, 0.5) is 34.1 Å². The van der Waals surface area contributed by atoms with Crippen LogP contribution in [0.5, 0.6) is 0 Å². The van der Waals surface area contributed by atoms with Gasteiger partial charge in [0.05, 0.1) is 11.4 Å². The number of benzene rings is 13. The summed E-state index contributed by atoms with van der Waals surface area (Å²) in [5.41, 5.74) is 22.5. The third-order valence-electron chi connectivity index (χ3n) is 19.3. The van der Waals surface area contributed by atoms with Crippen LogP contribution in [-0.4, -0.2) is 0 Å². The van der Waals surface area contributed by atoms with Gasteiger partial charge in [0.1, 0.15) is 33.5 Å². The van der Waals surface area contributed by atoms with Gasteiger partial charge in [-0.1, -0.05) is 161 Å². The van der Waals surface area contributed by atoms with E-state index in [1.807, 2.05) is 0 Å². The van der Waals surface area contributed by atoms with Crippen molar-refractivity contribution < 1.29 is 17.7 Å². The zero-order chi connectivity index (χ0) is 56.9. The van der Waals surface area contributed by atoms with Crippen molar-refractivity contribution in [1.29, 1.82) is 0 Å². The Morgan fingerprint density at radius 2 is 0.640 bits per heavy atom. The summed E-state index contributed by atoms with van der Waals surface area (Å²) in [6.07, 6.45) is 0. The maximum atomic E-state index is 7.00. The van der Waals surface area contributed by atoms with Gasteiger partial charge in [-0.15, -0.1) is 0 Å². The topological polar surface area (TPSA) is 59.0 Å². The van der Waals surface area contributed by atoms with Crippen molar-refractivity contribution in [3.8, 4) is 22.3 Å². The van der Waals surface area contributed by atoms with Crippen molar-refractivity contribution >= 4 is 143 Å². The Balaban J connectivity index is 0.749. The average Bonchev–Trinajstić information content (AvgIpc) is 1.78. The Morgan fingerprint density at radius 1 is 0.256 bits per heavy atom. The van der Waals surface area contributed by atoms with Gasteiger partial charge < -0.3 is 27.5 Å². The maximum Gasteiger partial charge on any atom is 0.159 e. The molecule has 0 bridgehead atoms. The predicted molar refractivity (Wildman–Crippen MR) is 355 cm³/mol. The summed E-state index contributed by atoms with van der Waals surface area (Å²) in [6, 6.07) is 87.7. The van der Waals surface area contributed by atoms with Crippen LogP contribution in [-0.2, 0) is 10.8 Å². The summed E-state index contributed by atoms with van der Waals surface area (Å²) >= 11 is 0. The molecule has 6 nitrogen and oxygen atoms in total. The van der Waals surface area contributed by atoms with Crippen LogP contribution < -0.4 is 9.80 Å². The van der Waals surface area contributed by atoms with E-state index in [1.165, 1.54) is 44.5 Å². The Morgan fingerprint density at radius 3 is 1.09 bits per heavy atom. The summed E-state index contributed by atoms with van der Waals surface area (Å²) in [5.74, 6) is 0. The number of fused-ring (bicyclic) bond motifs is 20. The average molecular weight is 1110 g/mol. The first-order valence-electron chi connectivity index (χ1n) is 29.7. The molecule has 0 N–H and O–H groups in total. The lowest BCUT2D eigenvalue weighted by Gasteiger charge is -2.32. The van der Waals surface area contributed by atoms with E-state index in [2.05, 4.69) is 280 Å². The van der Waals surface area contributed by atoms with Crippen molar-refractivity contribution in [2.45, 2.75) is 38.5 Å². The Kier molecular flexibility index (Phi) is 9.38. The zero-order valence-electron chi connectivity index (χ0n) is 47.6. The van der Waals surface area contributed by atoms with Crippen molar-refractivity contribution in [2.75, 3.05) is 9.80 Å². The molecule has 0 radical (unpaired) electrons. The minimum absolute atomic E-state index is 0.315. The highest BCUT2D eigenvalue weighted by atomic mass is 16.3. The molecule has 6 heteroatoms. The SMILES string of the molecule is CC1(C)c2ccccc2-c2cc3c(oc4ccccc43)c(N(c3ccccc3)c3ccc4cc5c(cc4c3)oc3cc4c(cc35)oc3cc5cc(N(c6ccccc6)c6c7c(cc8c6oc6ccccc68)-c6ccccc6C7(C)C)ccc5cc34)c21. The van der Waals surface area contributed by atoms with Gasteiger partial charge in [-0.2, -0.15) is 0 Å². The maximum absolute atomic E-state index is 7.00. The Labute approximate surface area is 493 Å². The van der Waals surface area contributed by atoms with Crippen LogP contribution in [0.1, 0.15) is 49.9 Å². The summed E-state index contributed by atoms with van der Waals surface area (Å²) in [7, 11) is 0. The number of hydrogen-bond acceptors (Lipinski definition) is 6. The van der Waals surface area contributed by atoms with Crippen molar-refractivity contribution in [1.82, 2.24) is 0 Å². The number of anilines is 6. The standard InChI is InChI=1S/C80H52N2O4/c1-79(2)65-27-15-11-23-53(65)61-41-63-55-25-13-17-29-67(55)85-77(63)75(73(61)79)81(49-19-7-5-8-20-49)51-33-31-45-37-57-59-43-72-60(44-71(59)83-69(57)39-47(45)35-51)58-38-46-32-34-52(36-48(46)40-70(58)84-72)82(50-21-9-6-10-22-50)76-74-62(54-24-12-16-28-66(54)80(74,3)4)42-64-56-26-14-18-30-68(56)86-78(64)76/h5-44H,1-4H3. The fourth-order valence-electron chi connectivity index (χ4n) is 15.3. The first-order valence-corrected chi connectivity index (χ1v) is 29.7. The van der Waals surface area contributed by atoms with Crippen LogP contribution in [0.3, 0.4) is 0 Å². The third kappa shape index (κ3) is 6.45. The molecule has 4 heterocycles. The molecule has 0 fully saturated rings. The molecular weight excluding hydrogens is 1050 g/mol. The molecule has 4 aromatic heterocycles. The van der Waals surface area contributed by atoms with E-state index in [1.54, 1.807) is 0 Å². The second-order valence-corrected chi connectivity index (χ2v) is 24.7. The smallest absolute Gasteiger partial charge is 0.159 e. The highest BCUT2D eigenvalue weighted by molar-refractivity contribution is 6.20. The largest absolute Gasteiger partial charge is 0.456 e. The molecule has 2 aliphatic rings. The summed E-state index contributed by atoms with van der Waals surface area (Å²) < 4.78 is 27.8. The van der Waals surface area contributed by atoms with E-state index in [0.717, 1.165) is 143 Å². The minimum Gasteiger partial charge on any atom is -0.456 e. The summed E-state index contributed by atoms with van der Waals surface area (Å²) in [5, 5.41) is 12.9. The Hall–Kier alpha value is -10.8. The molecule has 0 spiro atoms. The van der Waals surface area contributed by atoms with Gasteiger partial charge in [-0.3, -0.25) is 0 Å². The van der Waals surface area contributed by atoms with Gasteiger partial charge in [-0.05, 0) is 175 Å². The third-order valence-corrected chi connectivity index (χ3v) is 19.3. The fraction of sp³-hybridized carbons (Fsp3) is 0.0750. The second-order valence-electron chi connectivity index (χ2n) is 24.7. The minimum atomic E-state index is -0.315. The lowest BCUT2D eigenvalue weighted by atomic mass is 9.80. The first kappa shape index (κ1) is 47.6. The van der Waals surface area contributed by atoms with E-state index < -0.39 is 0 Å². The fourth-order valence-corrected chi connectivity index (χ4v) is 15.3. The Bertz CT molecular complexity index is 5440. The molecule has 2 aliphatic carbocycles. The van der Waals surface area contributed by atoms with Crippen molar-refractivity contribution in [3.05, 3.63) is 265 Å². The number of rotatable bonds is 6. The first-order chi connectivity index (χ1) is 42.1. The van der Waals surface area contributed by atoms with Gasteiger partial charge in [-0.25, -0.2) is 0 Å². The van der Waals surface area contributed by atoms with Crippen LogP contribution in [0, 0.1) is 0 Å². The van der Waals surface area contributed by atoms with Crippen LogP contribution in [0.2, 0.25) is 0 Å². The summed E-state index contributed by atoms with van der Waals surface area (Å²) in [6.45, 7) is 9.41. The molecule has 0 amide bonds. The zero-order valence-corrected chi connectivity index (χ0v) is 47.6. The number of para-hydroxylation sites is 4. The molecule has 406 valence electrons. The van der Waals surface area contributed by atoms with Gasteiger partial charge in [0.25, 0.3) is 0 Å². The van der Waals surface area contributed by atoms with Crippen LogP contribution in [0.15, 0.2) is 260 Å². The lowest BCUT2D eigenvalue weighted by Crippen LogP contribution is -2.21. The van der Waals surface area contributed by atoms with E-state index >= 15 is 0 Å². The lowest BCUT2D eigenvalue weighted by molar-refractivity contribution is 0.648.